The minimum absolute atomic E-state index is 0.0907. The van der Waals surface area contributed by atoms with Gasteiger partial charge < -0.3 is 4.18 Å². The summed E-state index contributed by atoms with van der Waals surface area (Å²) in [5.74, 6) is 0.149. The average Bonchev–Trinajstić information content (AvgIpc) is 2.45. The van der Waals surface area contributed by atoms with Crippen LogP contribution in [-0.2, 0) is 10.1 Å². The molecule has 0 amide bonds. The number of hydrogen-bond acceptors (Lipinski definition) is 4. The Hall–Kier alpha value is -2.40. The van der Waals surface area contributed by atoms with Crippen molar-refractivity contribution >= 4 is 22.0 Å². The van der Waals surface area contributed by atoms with E-state index < -0.39 is 10.1 Å². The van der Waals surface area contributed by atoms with E-state index in [1.165, 1.54) is 18.2 Å². The fourth-order valence-electron chi connectivity index (χ4n) is 1.68. The van der Waals surface area contributed by atoms with Crippen molar-refractivity contribution in [1.82, 2.24) is 0 Å². The van der Waals surface area contributed by atoms with Gasteiger partial charge in [0.05, 0.1) is 6.26 Å². The van der Waals surface area contributed by atoms with Crippen LogP contribution < -0.4 is 4.18 Å². The van der Waals surface area contributed by atoms with Gasteiger partial charge in [0.2, 0.25) is 0 Å². The fourth-order valence-corrected chi connectivity index (χ4v) is 2.14. The summed E-state index contributed by atoms with van der Waals surface area (Å²) in [6, 6.07) is 15.4. The van der Waals surface area contributed by atoms with Crippen molar-refractivity contribution in [1.29, 1.82) is 0 Å². The van der Waals surface area contributed by atoms with E-state index in [4.69, 9.17) is 4.18 Å². The van der Waals surface area contributed by atoms with E-state index in [1.54, 1.807) is 42.5 Å². The molecular formula is C16H14O4S. The molecule has 0 atom stereocenters. The van der Waals surface area contributed by atoms with Crippen LogP contribution in [0.15, 0.2) is 60.7 Å². The summed E-state index contributed by atoms with van der Waals surface area (Å²) in [6.07, 6.45) is 4.13. The third kappa shape index (κ3) is 4.89. The van der Waals surface area contributed by atoms with Gasteiger partial charge in [-0.25, -0.2) is 0 Å². The highest BCUT2D eigenvalue weighted by Crippen LogP contribution is 2.15. The molecule has 0 bridgehead atoms. The molecule has 0 spiro atoms. The molecule has 0 aliphatic carbocycles. The second-order valence-corrected chi connectivity index (χ2v) is 6.00. The molecule has 0 saturated heterocycles. The number of allylic oxidation sites excluding steroid dienone is 1. The number of benzene rings is 2. The molecule has 0 N–H and O–H groups in total. The van der Waals surface area contributed by atoms with Crippen LogP contribution >= 0.6 is 0 Å². The summed E-state index contributed by atoms with van der Waals surface area (Å²) < 4.78 is 26.7. The third-order valence-corrected chi connectivity index (χ3v) is 3.11. The predicted octanol–water partition coefficient (Wildman–Crippen LogP) is 2.92. The van der Waals surface area contributed by atoms with Gasteiger partial charge in [-0.1, -0.05) is 48.5 Å². The first-order valence-corrected chi connectivity index (χ1v) is 8.03. The number of carbonyl (C=O) groups is 1. The second-order valence-electron chi connectivity index (χ2n) is 4.42. The van der Waals surface area contributed by atoms with Gasteiger partial charge in [-0.15, -0.1) is 0 Å². The molecule has 0 radical (unpaired) electrons. The quantitative estimate of drug-likeness (QED) is 0.484. The highest BCUT2D eigenvalue weighted by molar-refractivity contribution is 7.86. The molecule has 21 heavy (non-hydrogen) atoms. The Kier molecular flexibility index (Phi) is 4.55. The maximum Gasteiger partial charge on any atom is 0.306 e. The lowest BCUT2D eigenvalue weighted by Gasteiger charge is -2.02. The van der Waals surface area contributed by atoms with Gasteiger partial charge in [0.15, 0.2) is 5.78 Å². The van der Waals surface area contributed by atoms with E-state index in [2.05, 4.69) is 0 Å². The maximum atomic E-state index is 11.9. The molecule has 0 aromatic heterocycles. The van der Waals surface area contributed by atoms with Crippen LogP contribution in [-0.4, -0.2) is 20.5 Å². The molecular weight excluding hydrogens is 288 g/mol. The average molecular weight is 302 g/mol. The number of carbonyl (C=O) groups excluding carboxylic acids is 1. The summed E-state index contributed by atoms with van der Waals surface area (Å²) in [4.78, 5) is 11.9. The van der Waals surface area contributed by atoms with E-state index in [0.29, 0.717) is 5.56 Å². The molecule has 0 heterocycles. The molecule has 2 rings (SSSR count). The minimum atomic E-state index is -3.52. The standard InChI is InChI=1S/C16H14O4S/c1-21(18,19)20-15-10-7-13(8-11-15)9-12-16(17)14-5-3-2-4-6-14/h2-12H,1H3/b12-9+. The molecule has 0 saturated carbocycles. The highest BCUT2D eigenvalue weighted by atomic mass is 32.2. The Balaban J connectivity index is 2.07. The van der Waals surface area contributed by atoms with Gasteiger partial charge in [-0.05, 0) is 23.8 Å². The molecule has 0 unspecified atom stereocenters. The van der Waals surface area contributed by atoms with Crippen molar-refractivity contribution in [2.45, 2.75) is 0 Å². The molecule has 0 fully saturated rings. The molecule has 0 aliphatic heterocycles. The Bertz CT molecular complexity index is 745. The lowest BCUT2D eigenvalue weighted by molar-refractivity contribution is 0.104. The molecule has 108 valence electrons. The maximum absolute atomic E-state index is 11.9. The lowest BCUT2D eigenvalue weighted by atomic mass is 10.1. The largest absolute Gasteiger partial charge is 0.383 e. The Labute approximate surface area is 123 Å². The lowest BCUT2D eigenvalue weighted by Crippen LogP contribution is -2.05. The monoisotopic (exact) mass is 302 g/mol. The van der Waals surface area contributed by atoms with E-state index in [0.717, 1.165) is 11.8 Å². The summed E-state index contributed by atoms with van der Waals surface area (Å²) in [5.41, 5.74) is 1.39. The smallest absolute Gasteiger partial charge is 0.306 e. The zero-order valence-electron chi connectivity index (χ0n) is 11.4. The van der Waals surface area contributed by atoms with E-state index >= 15 is 0 Å². The van der Waals surface area contributed by atoms with Gasteiger partial charge in [-0.2, -0.15) is 8.42 Å². The summed E-state index contributed by atoms with van der Waals surface area (Å²) in [5, 5.41) is 0. The Morgan fingerprint density at radius 2 is 1.62 bits per heavy atom. The van der Waals surface area contributed by atoms with Crippen LogP contribution in [0.1, 0.15) is 15.9 Å². The van der Waals surface area contributed by atoms with Gasteiger partial charge >= 0.3 is 10.1 Å². The topological polar surface area (TPSA) is 60.4 Å². The molecule has 2 aromatic rings. The fraction of sp³-hybridized carbons (Fsp3) is 0.0625. The van der Waals surface area contributed by atoms with Crippen LogP contribution in [0.3, 0.4) is 0 Å². The van der Waals surface area contributed by atoms with Crippen LogP contribution in [0.25, 0.3) is 6.08 Å². The number of rotatable bonds is 5. The summed E-state index contributed by atoms with van der Waals surface area (Å²) >= 11 is 0. The number of ketones is 1. The second kappa shape index (κ2) is 6.37. The first-order chi connectivity index (χ1) is 9.94. The van der Waals surface area contributed by atoms with Crippen molar-refractivity contribution in [2.75, 3.05) is 6.26 Å². The van der Waals surface area contributed by atoms with Gasteiger partial charge in [0.1, 0.15) is 5.75 Å². The first-order valence-electron chi connectivity index (χ1n) is 6.21. The van der Waals surface area contributed by atoms with Gasteiger partial charge in [0, 0.05) is 5.56 Å². The van der Waals surface area contributed by atoms with Gasteiger partial charge in [0.25, 0.3) is 0 Å². The first kappa shape index (κ1) is 15.0. The van der Waals surface area contributed by atoms with Crippen molar-refractivity contribution in [2.24, 2.45) is 0 Å². The van der Waals surface area contributed by atoms with E-state index in [-0.39, 0.29) is 11.5 Å². The van der Waals surface area contributed by atoms with E-state index in [9.17, 15) is 13.2 Å². The molecule has 0 aliphatic rings. The zero-order valence-corrected chi connectivity index (χ0v) is 12.2. The van der Waals surface area contributed by atoms with Crippen LogP contribution in [0.2, 0.25) is 0 Å². The van der Waals surface area contributed by atoms with Crippen molar-refractivity contribution in [3.8, 4) is 5.75 Å². The van der Waals surface area contributed by atoms with Crippen LogP contribution in [0.4, 0.5) is 0 Å². The Morgan fingerprint density at radius 1 is 1.00 bits per heavy atom. The normalized spacial score (nSPS) is 11.5. The van der Waals surface area contributed by atoms with Crippen LogP contribution in [0.5, 0.6) is 5.75 Å². The summed E-state index contributed by atoms with van der Waals surface area (Å²) in [7, 11) is -3.52. The molecule has 5 heteroatoms. The van der Waals surface area contributed by atoms with Gasteiger partial charge in [-0.3, -0.25) is 4.79 Å². The van der Waals surface area contributed by atoms with Crippen molar-refractivity contribution in [3.05, 3.63) is 71.8 Å². The van der Waals surface area contributed by atoms with Crippen molar-refractivity contribution in [3.63, 3.8) is 0 Å². The SMILES string of the molecule is CS(=O)(=O)Oc1ccc(/C=C/C(=O)c2ccccc2)cc1. The number of hydrogen-bond donors (Lipinski definition) is 0. The summed E-state index contributed by atoms with van der Waals surface area (Å²) in [6.45, 7) is 0. The highest BCUT2D eigenvalue weighted by Gasteiger charge is 2.03. The Morgan fingerprint density at radius 3 is 2.19 bits per heavy atom. The molecule has 2 aromatic carbocycles. The van der Waals surface area contributed by atoms with Crippen molar-refractivity contribution < 1.29 is 17.4 Å². The third-order valence-electron chi connectivity index (χ3n) is 2.61. The zero-order chi connectivity index (χ0) is 15.3. The minimum Gasteiger partial charge on any atom is -0.383 e. The van der Waals surface area contributed by atoms with Crippen LogP contribution in [0, 0.1) is 0 Å². The predicted molar refractivity (Wildman–Crippen MR) is 81.7 cm³/mol. The molecule has 4 nitrogen and oxygen atoms in total. The van der Waals surface area contributed by atoms with E-state index in [1.807, 2.05) is 6.07 Å².